The van der Waals surface area contributed by atoms with E-state index >= 15 is 0 Å². The fraction of sp³-hybridized carbons (Fsp3) is 0.345. The van der Waals surface area contributed by atoms with Crippen LogP contribution in [0.3, 0.4) is 0 Å². The number of sulfonamides is 1. The van der Waals surface area contributed by atoms with Crippen molar-refractivity contribution in [2.24, 2.45) is 5.92 Å². The molecular weight excluding hydrogens is 486 g/mol. The number of ether oxygens (including phenoxy) is 1. The van der Waals surface area contributed by atoms with Gasteiger partial charge in [0.2, 0.25) is 5.91 Å². The number of methoxy groups -OCH3 is 1. The second-order valence-electron chi connectivity index (χ2n) is 9.63. The second-order valence-corrected chi connectivity index (χ2v) is 11.5. The molecule has 3 aromatic rings. The van der Waals surface area contributed by atoms with Crippen LogP contribution < -0.4 is 19.3 Å². The molecule has 0 aliphatic carbocycles. The lowest BCUT2D eigenvalue weighted by Gasteiger charge is -2.32. The topological polar surface area (TPSA) is 79.0 Å². The molecule has 1 saturated heterocycles. The number of anilines is 2. The van der Waals surface area contributed by atoms with Crippen molar-refractivity contribution < 1.29 is 17.9 Å². The van der Waals surface area contributed by atoms with Gasteiger partial charge < -0.3 is 15.0 Å². The van der Waals surface area contributed by atoms with E-state index in [1.807, 2.05) is 19.1 Å². The van der Waals surface area contributed by atoms with Gasteiger partial charge in [-0.25, -0.2) is 8.42 Å². The smallest absolute Gasteiger partial charge is 0.264 e. The average Bonchev–Trinajstić information content (AvgIpc) is 2.91. The van der Waals surface area contributed by atoms with Gasteiger partial charge in [-0.1, -0.05) is 48.9 Å². The zero-order valence-corrected chi connectivity index (χ0v) is 22.5. The molecule has 1 N–H and O–H groups in total. The zero-order valence-electron chi connectivity index (χ0n) is 21.7. The number of aryl methyl sites for hydroxylation is 1. The average molecular weight is 522 g/mol. The maximum atomic E-state index is 13.6. The number of piperidine rings is 1. The van der Waals surface area contributed by atoms with Crippen LogP contribution in [0.2, 0.25) is 0 Å². The summed E-state index contributed by atoms with van der Waals surface area (Å²) in [5, 5.41) is 2.88. The van der Waals surface area contributed by atoms with Gasteiger partial charge in [0.1, 0.15) is 12.3 Å². The number of rotatable bonds is 9. The third-order valence-electron chi connectivity index (χ3n) is 6.70. The minimum Gasteiger partial charge on any atom is -0.495 e. The van der Waals surface area contributed by atoms with Crippen LogP contribution in [0.4, 0.5) is 11.4 Å². The van der Waals surface area contributed by atoms with Crippen molar-refractivity contribution in [3.8, 4) is 5.75 Å². The van der Waals surface area contributed by atoms with Crippen molar-refractivity contribution in [3.05, 3.63) is 83.9 Å². The highest BCUT2D eigenvalue weighted by atomic mass is 32.2. The summed E-state index contributed by atoms with van der Waals surface area (Å²) in [7, 11) is -2.54. The molecule has 0 spiro atoms. The fourth-order valence-corrected chi connectivity index (χ4v) is 6.04. The van der Waals surface area contributed by atoms with Crippen molar-refractivity contribution >= 4 is 27.3 Å². The number of hydrogen-bond acceptors (Lipinski definition) is 5. The van der Waals surface area contributed by atoms with Gasteiger partial charge in [-0.05, 0) is 67.6 Å². The Bertz CT molecular complexity index is 1310. The van der Waals surface area contributed by atoms with Crippen molar-refractivity contribution in [3.63, 3.8) is 0 Å². The standard InChI is InChI=1S/C29H35N3O4S/c1-22-10-16-26(17-11-22)37(34,35)32(27-8-4-5-9-28(27)36-3)21-29(33)30-19-24-12-14-25(15-13-24)31-18-6-7-23(2)20-31/h4-5,8-17,23H,6-7,18-21H2,1-3H3,(H,30,33). The van der Waals surface area contributed by atoms with E-state index in [9.17, 15) is 13.2 Å². The summed E-state index contributed by atoms with van der Waals surface area (Å²) < 4.78 is 33.8. The van der Waals surface area contributed by atoms with E-state index in [1.165, 1.54) is 25.6 Å². The van der Waals surface area contributed by atoms with Crippen LogP contribution in [-0.4, -0.2) is 41.1 Å². The van der Waals surface area contributed by atoms with E-state index < -0.39 is 15.9 Å². The lowest BCUT2D eigenvalue weighted by atomic mass is 9.99. The number of nitrogens with one attached hydrogen (secondary N) is 1. The number of carbonyl (C=O) groups excluding carboxylic acids is 1. The zero-order chi connectivity index (χ0) is 26.4. The van der Waals surface area contributed by atoms with E-state index in [-0.39, 0.29) is 11.4 Å². The summed E-state index contributed by atoms with van der Waals surface area (Å²) in [6.45, 7) is 6.23. The maximum absolute atomic E-state index is 13.6. The number of carbonyl (C=O) groups is 1. The van der Waals surface area contributed by atoms with Gasteiger partial charge in [0.25, 0.3) is 10.0 Å². The molecular formula is C29H35N3O4S. The van der Waals surface area contributed by atoms with Crippen LogP contribution in [0, 0.1) is 12.8 Å². The number of para-hydroxylation sites is 2. The molecule has 0 bridgehead atoms. The first-order valence-corrected chi connectivity index (χ1v) is 14.0. The molecule has 1 heterocycles. The van der Waals surface area contributed by atoms with Gasteiger partial charge in [-0.3, -0.25) is 9.10 Å². The molecule has 0 aromatic heterocycles. The summed E-state index contributed by atoms with van der Waals surface area (Å²) in [6, 6.07) is 21.6. The van der Waals surface area contributed by atoms with E-state index in [2.05, 4.69) is 29.3 Å². The van der Waals surface area contributed by atoms with Gasteiger partial charge >= 0.3 is 0 Å². The largest absolute Gasteiger partial charge is 0.495 e. The molecule has 4 rings (SSSR count). The Balaban J connectivity index is 1.49. The highest BCUT2D eigenvalue weighted by molar-refractivity contribution is 7.92. The summed E-state index contributed by atoms with van der Waals surface area (Å²) in [4.78, 5) is 15.5. The van der Waals surface area contributed by atoms with Crippen molar-refractivity contribution in [2.75, 3.05) is 35.9 Å². The monoisotopic (exact) mass is 521 g/mol. The molecule has 1 aliphatic rings. The van der Waals surface area contributed by atoms with E-state index in [0.717, 1.165) is 28.5 Å². The van der Waals surface area contributed by atoms with Gasteiger partial charge in [0, 0.05) is 25.3 Å². The molecule has 7 nitrogen and oxygen atoms in total. The van der Waals surface area contributed by atoms with Crippen LogP contribution >= 0.6 is 0 Å². The number of amides is 1. The molecule has 3 aromatic carbocycles. The maximum Gasteiger partial charge on any atom is 0.264 e. The van der Waals surface area contributed by atoms with Crippen molar-refractivity contribution in [1.82, 2.24) is 5.32 Å². The van der Waals surface area contributed by atoms with E-state index in [4.69, 9.17) is 4.74 Å². The molecule has 37 heavy (non-hydrogen) atoms. The molecule has 0 radical (unpaired) electrons. The van der Waals surface area contributed by atoms with E-state index in [1.54, 1.807) is 48.5 Å². The van der Waals surface area contributed by atoms with Crippen LogP contribution in [0.25, 0.3) is 0 Å². The molecule has 1 atom stereocenters. The van der Waals surface area contributed by atoms with Crippen LogP contribution in [0.15, 0.2) is 77.7 Å². The first-order valence-electron chi connectivity index (χ1n) is 12.6. The van der Waals surface area contributed by atoms with Gasteiger partial charge in [0.15, 0.2) is 0 Å². The van der Waals surface area contributed by atoms with Gasteiger partial charge in [0.05, 0.1) is 17.7 Å². The minimum absolute atomic E-state index is 0.111. The summed E-state index contributed by atoms with van der Waals surface area (Å²) in [6.07, 6.45) is 2.47. The second kappa shape index (κ2) is 11.7. The highest BCUT2D eigenvalue weighted by Gasteiger charge is 2.29. The third-order valence-corrected chi connectivity index (χ3v) is 8.47. The Hall–Kier alpha value is -3.52. The number of nitrogens with zero attached hydrogens (tertiary/aromatic N) is 2. The number of hydrogen-bond donors (Lipinski definition) is 1. The molecule has 8 heteroatoms. The van der Waals surface area contributed by atoms with Crippen LogP contribution in [-0.2, 0) is 21.4 Å². The third kappa shape index (κ3) is 6.43. The molecule has 1 fully saturated rings. The van der Waals surface area contributed by atoms with Crippen molar-refractivity contribution in [2.45, 2.75) is 38.1 Å². The first kappa shape index (κ1) is 26.5. The quantitative estimate of drug-likeness (QED) is 0.440. The Morgan fingerprint density at radius 2 is 1.76 bits per heavy atom. The summed E-state index contributed by atoms with van der Waals surface area (Å²) >= 11 is 0. The predicted octanol–water partition coefficient (Wildman–Crippen LogP) is 4.75. The number of benzene rings is 3. The van der Waals surface area contributed by atoms with Crippen LogP contribution in [0.5, 0.6) is 5.75 Å². The summed E-state index contributed by atoms with van der Waals surface area (Å²) in [5.41, 5.74) is 3.39. The normalized spacial score (nSPS) is 15.8. The van der Waals surface area contributed by atoms with Gasteiger partial charge in [-0.2, -0.15) is 0 Å². The first-order chi connectivity index (χ1) is 17.8. The SMILES string of the molecule is COc1ccccc1N(CC(=O)NCc1ccc(N2CCCC(C)C2)cc1)S(=O)(=O)c1ccc(C)cc1. The molecule has 196 valence electrons. The van der Waals surface area contributed by atoms with Crippen molar-refractivity contribution in [1.29, 1.82) is 0 Å². The lowest BCUT2D eigenvalue weighted by molar-refractivity contribution is -0.119. The summed E-state index contributed by atoms with van der Waals surface area (Å²) in [5.74, 6) is 0.652. The Morgan fingerprint density at radius 1 is 1.05 bits per heavy atom. The minimum atomic E-state index is -4.02. The molecule has 1 aliphatic heterocycles. The fourth-order valence-electron chi connectivity index (χ4n) is 4.61. The predicted molar refractivity (Wildman–Crippen MR) is 148 cm³/mol. The Morgan fingerprint density at radius 3 is 2.43 bits per heavy atom. The van der Waals surface area contributed by atoms with Crippen LogP contribution in [0.1, 0.15) is 30.9 Å². The molecule has 1 amide bonds. The Kier molecular flexibility index (Phi) is 8.38. The van der Waals surface area contributed by atoms with Gasteiger partial charge in [-0.15, -0.1) is 0 Å². The van der Waals surface area contributed by atoms with E-state index in [0.29, 0.717) is 23.9 Å². The highest BCUT2D eigenvalue weighted by Crippen LogP contribution is 2.32. The molecule has 1 unspecified atom stereocenters. The Labute approximate surface area is 220 Å². The lowest BCUT2D eigenvalue weighted by Crippen LogP contribution is -2.40. The molecule has 0 saturated carbocycles.